The lowest BCUT2D eigenvalue weighted by atomic mass is 10.1. The molecule has 0 spiro atoms. The van der Waals surface area contributed by atoms with E-state index in [1.54, 1.807) is 11.3 Å². The van der Waals surface area contributed by atoms with E-state index in [4.69, 9.17) is 5.73 Å². The first-order valence-electron chi connectivity index (χ1n) is 5.97. The molecule has 2 nitrogen and oxygen atoms in total. The SMILES string of the molecule is Cc1cccc(Cc2nc(CCCN)cs2)c1. The molecule has 2 aromatic rings. The topological polar surface area (TPSA) is 38.9 Å². The minimum absolute atomic E-state index is 0.741. The highest BCUT2D eigenvalue weighted by molar-refractivity contribution is 7.09. The summed E-state index contributed by atoms with van der Waals surface area (Å²) >= 11 is 1.75. The van der Waals surface area contributed by atoms with E-state index in [1.165, 1.54) is 21.8 Å². The Kier molecular flexibility index (Phi) is 4.29. The molecule has 0 aliphatic heterocycles. The smallest absolute Gasteiger partial charge is 0.0972 e. The van der Waals surface area contributed by atoms with E-state index in [0.717, 1.165) is 25.8 Å². The Morgan fingerprint density at radius 3 is 3.00 bits per heavy atom. The van der Waals surface area contributed by atoms with Gasteiger partial charge in [0.25, 0.3) is 0 Å². The maximum absolute atomic E-state index is 5.50. The van der Waals surface area contributed by atoms with Crippen molar-refractivity contribution in [1.82, 2.24) is 4.98 Å². The van der Waals surface area contributed by atoms with Gasteiger partial charge < -0.3 is 5.73 Å². The van der Waals surface area contributed by atoms with Crippen LogP contribution in [0.15, 0.2) is 29.6 Å². The van der Waals surface area contributed by atoms with Crippen molar-refractivity contribution in [3.8, 4) is 0 Å². The fourth-order valence-corrected chi connectivity index (χ4v) is 2.69. The second-order valence-corrected chi connectivity index (χ2v) is 5.23. The molecular formula is C14H18N2S. The lowest BCUT2D eigenvalue weighted by Crippen LogP contribution is -2.00. The van der Waals surface area contributed by atoms with Crippen LogP contribution >= 0.6 is 11.3 Å². The molecule has 90 valence electrons. The van der Waals surface area contributed by atoms with E-state index in [1.807, 2.05) is 0 Å². The van der Waals surface area contributed by atoms with Crippen LogP contribution in [0, 0.1) is 6.92 Å². The average molecular weight is 246 g/mol. The minimum atomic E-state index is 0.741. The third kappa shape index (κ3) is 3.65. The molecule has 0 aliphatic carbocycles. The first kappa shape index (κ1) is 12.3. The molecule has 2 N–H and O–H groups in total. The molecule has 3 heteroatoms. The molecule has 17 heavy (non-hydrogen) atoms. The van der Waals surface area contributed by atoms with Gasteiger partial charge in [-0.05, 0) is 31.9 Å². The molecule has 0 amide bonds. The second-order valence-electron chi connectivity index (χ2n) is 4.29. The number of nitrogens with two attached hydrogens (primary N) is 1. The van der Waals surface area contributed by atoms with Gasteiger partial charge in [0.1, 0.15) is 0 Å². The van der Waals surface area contributed by atoms with Crippen LogP contribution < -0.4 is 5.73 Å². The quantitative estimate of drug-likeness (QED) is 0.881. The Balaban J connectivity index is 2.01. The molecular weight excluding hydrogens is 228 g/mol. The van der Waals surface area contributed by atoms with E-state index in [0.29, 0.717) is 0 Å². The van der Waals surface area contributed by atoms with Crippen molar-refractivity contribution < 1.29 is 0 Å². The van der Waals surface area contributed by atoms with Crippen molar-refractivity contribution in [3.63, 3.8) is 0 Å². The van der Waals surface area contributed by atoms with Crippen LogP contribution in [-0.2, 0) is 12.8 Å². The number of aryl methyl sites for hydroxylation is 2. The third-order valence-electron chi connectivity index (χ3n) is 2.67. The fraction of sp³-hybridized carbons (Fsp3) is 0.357. The summed E-state index contributed by atoms with van der Waals surface area (Å²) in [6.07, 6.45) is 2.96. The van der Waals surface area contributed by atoms with Crippen molar-refractivity contribution in [1.29, 1.82) is 0 Å². The predicted molar refractivity (Wildman–Crippen MR) is 73.5 cm³/mol. The van der Waals surface area contributed by atoms with E-state index in [-0.39, 0.29) is 0 Å². The molecule has 0 bridgehead atoms. The summed E-state index contributed by atoms with van der Waals surface area (Å²) in [4.78, 5) is 4.64. The zero-order valence-corrected chi connectivity index (χ0v) is 11.0. The summed E-state index contributed by atoms with van der Waals surface area (Å²) < 4.78 is 0. The maximum Gasteiger partial charge on any atom is 0.0972 e. The van der Waals surface area contributed by atoms with Crippen molar-refractivity contribution >= 4 is 11.3 Å². The summed E-state index contributed by atoms with van der Waals surface area (Å²) in [7, 11) is 0. The van der Waals surface area contributed by atoms with Gasteiger partial charge in [0.15, 0.2) is 0 Å². The minimum Gasteiger partial charge on any atom is -0.330 e. The van der Waals surface area contributed by atoms with E-state index in [9.17, 15) is 0 Å². The highest BCUT2D eigenvalue weighted by Gasteiger charge is 2.03. The molecule has 1 aromatic carbocycles. The van der Waals surface area contributed by atoms with Gasteiger partial charge in [-0.3, -0.25) is 0 Å². The number of hydrogen-bond acceptors (Lipinski definition) is 3. The molecule has 1 heterocycles. The first-order valence-corrected chi connectivity index (χ1v) is 6.85. The fourth-order valence-electron chi connectivity index (χ4n) is 1.82. The Hall–Kier alpha value is -1.19. The van der Waals surface area contributed by atoms with Gasteiger partial charge in [0.2, 0.25) is 0 Å². The zero-order valence-electron chi connectivity index (χ0n) is 10.1. The molecule has 0 aliphatic rings. The van der Waals surface area contributed by atoms with Gasteiger partial charge in [-0.25, -0.2) is 4.98 Å². The van der Waals surface area contributed by atoms with Crippen LogP contribution in [-0.4, -0.2) is 11.5 Å². The number of thiazole rings is 1. The Morgan fingerprint density at radius 2 is 2.24 bits per heavy atom. The van der Waals surface area contributed by atoms with Crippen LogP contribution in [0.2, 0.25) is 0 Å². The van der Waals surface area contributed by atoms with E-state index < -0.39 is 0 Å². The Bertz CT molecular complexity index is 477. The normalized spacial score (nSPS) is 10.7. The summed E-state index contributed by atoms with van der Waals surface area (Å²) in [6, 6.07) is 8.61. The molecule has 0 unspecified atom stereocenters. The molecule has 2 rings (SSSR count). The van der Waals surface area contributed by atoms with Gasteiger partial charge in [-0.2, -0.15) is 0 Å². The van der Waals surface area contributed by atoms with Crippen LogP contribution in [0.4, 0.5) is 0 Å². The summed E-state index contributed by atoms with van der Waals surface area (Å²) in [5.41, 5.74) is 9.33. The predicted octanol–water partition coefficient (Wildman–Crippen LogP) is 2.93. The standard InChI is InChI=1S/C14H18N2S/c1-11-4-2-5-12(8-11)9-14-16-13(10-17-14)6-3-7-15/h2,4-5,8,10H,3,6-7,9,15H2,1H3. The maximum atomic E-state index is 5.50. The van der Waals surface area contributed by atoms with Gasteiger partial charge in [-0.15, -0.1) is 11.3 Å². The average Bonchev–Trinajstić information content (AvgIpc) is 2.74. The van der Waals surface area contributed by atoms with Crippen LogP contribution in [0.25, 0.3) is 0 Å². The van der Waals surface area contributed by atoms with Crippen LogP contribution in [0.5, 0.6) is 0 Å². The highest BCUT2D eigenvalue weighted by Crippen LogP contribution is 2.16. The van der Waals surface area contributed by atoms with Crippen molar-refractivity contribution in [2.75, 3.05) is 6.54 Å². The lowest BCUT2D eigenvalue weighted by Gasteiger charge is -1.99. The van der Waals surface area contributed by atoms with Gasteiger partial charge >= 0.3 is 0 Å². The molecule has 0 fully saturated rings. The number of aromatic nitrogens is 1. The zero-order chi connectivity index (χ0) is 12.1. The summed E-state index contributed by atoms with van der Waals surface area (Å²) in [5.74, 6) is 0. The molecule has 1 aromatic heterocycles. The van der Waals surface area contributed by atoms with Gasteiger partial charge in [0.05, 0.1) is 10.7 Å². The summed E-state index contributed by atoms with van der Waals surface area (Å²) in [6.45, 7) is 2.86. The second kappa shape index (κ2) is 5.94. The lowest BCUT2D eigenvalue weighted by molar-refractivity contribution is 0.812. The molecule has 0 saturated heterocycles. The Labute approximate surface area is 107 Å². The third-order valence-corrected chi connectivity index (χ3v) is 3.57. The number of benzene rings is 1. The van der Waals surface area contributed by atoms with Crippen molar-refractivity contribution in [3.05, 3.63) is 51.5 Å². The summed E-state index contributed by atoms with van der Waals surface area (Å²) in [5, 5.41) is 3.35. The van der Waals surface area contributed by atoms with Gasteiger partial charge in [-0.1, -0.05) is 29.8 Å². The Morgan fingerprint density at radius 1 is 1.35 bits per heavy atom. The number of rotatable bonds is 5. The van der Waals surface area contributed by atoms with Crippen molar-refractivity contribution in [2.24, 2.45) is 5.73 Å². The number of nitrogens with zero attached hydrogens (tertiary/aromatic N) is 1. The monoisotopic (exact) mass is 246 g/mol. The highest BCUT2D eigenvalue weighted by atomic mass is 32.1. The number of hydrogen-bond donors (Lipinski definition) is 1. The van der Waals surface area contributed by atoms with E-state index in [2.05, 4.69) is 41.6 Å². The van der Waals surface area contributed by atoms with Gasteiger partial charge in [0, 0.05) is 11.8 Å². The van der Waals surface area contributed by atoms with Crippen LogP contribution in [0.3, 0.4) is 0 Å². The van der Waals surface area contributed by atoms with E-state index >= 15 is 0 Å². The first-order chi connectivity index (χ1) is 8.28. The molecule has 0 radical (unpaired) electrons. The molecule has 0 saturated carbocycles. The molecule has 0 atom stereocenters. The largest absolute Gasteiger partial charge is 0.330 e. The van der Waals surface area contributed by atoms with Crippen molar-refractivity contribution in [2.45, 2.75) is 26.2 Å². The van der Waals surface area contributed by atoms with Crippen LogP contribution in [0.1, 0.15) is 28.2 Å².